The predicted molar refractivity (Wildman–Crippen MR) is 412 cm³/mol. The molecular formula is C72H68N2O20P10. The molecule has 0 aliphatic carbocycles. The van der Waals surface area contributed by atoms with Crippen molar-refractivity contribution in [2.24, 2.45) is 9.03 Å². The van der Waals surface area contributed by atoms with Crippen LogP contribution in [0.3, 0.4) is 0 Å². The molecule has 0 aromatic heterocycles. The topological polar surface area (TPSA) is 381 Å². The third-order valence-electron chi connectivity index (χ3n) is 15.3. The molecule has 13 rings (SSSR count). The molecule has 1 aliphatic heterocycles. The van der Waals surface area contributed by atoms with E-state index in [-0.39, 0.29) is 11.0 Å². The van der Waals surface area contributed by atoms with Crippen LogP contribution >= 0.6 is 75.9 Å². The molecule has 0 bridgehead atoms. The molecule has 0 radical (unpaired) electrons. The highest BCUT2D eigenvalue weighted by molar-refractivity contribution is 8.02. The van der Waals surface area contributed by atoms with Crippen molar-refractivity contribution in [3.8, 4) is 0 Å². The Bertz CT molecular complexity index is 4330. The van der Waals surface area contributed by atoms with Crippen molar-refractivity contribution >= 4 is 140 Å². The summed E-state index contributed by atoms with van der Waals surface area (Å²) in [6.45, 7) is 0. The first kappa shape index (κ1) is 80.9. The number of benzene rings is 12. The van der Waals surface area contributed by atoms with E-state index < -0.39 is 75.9 Å². The van der Waals surface area contributed by atoms with Crippen LogP contribution < -0.4 is 83.2 Å². The van der Waals surface area contributed by atoms with Crippen molar-refractivity contribution in [1.82, 2.24) is 0 Å². The standard InChI is InChI=1S/2C36H30NP2.H6O18P6.2H2O/c2*1-7-19-31(20-8-1)38(32-21-9-2-10-22-32,33-23-11-3-12-24-33)37-39(34-25-13-4-14-26-34,35-27-15-5-16-28-35)36-29-17-6-18-30-36;1-19(2)13-20(3,4)15-22(7,8)17-24(11,12)18-23(9,10)16-21(5,6)14-19;;/h2*1-30H;(H,1,2)(H,3,4)(H,5,6)(H,7,8)(H,9,10)(H,11,12);2*1H2/q2*+1;;;/p-2. The zero-order valence-electron chi connectivity index (χ0n) is 54.6. The first-order chi connectivity index (χ1) is 48.9. The third-order valence-corrected chi connectivity index (χ3v) is 41.8. The Labute approximate surface area is 602 Å². The molecule has 1 saturated heterocycles. The summed E-state index contributed by atoms with van der Waals surface area (Å²) in [5.74, 6) is 0. The molecular weight excluding hydrogens is 1520 g/mol. The van der Waals surface area contributed by atoms with Crippen molar-refractivity contribution in [1.29, 1.82) is 0 Å². The van der Waals surface area contributed by atoms with Gasteiger partial charge in [0.15, 0.2) is 0 Å². The molecule has 536 valence electrons. The van der Waals surface area contributed by atoms with Gasteiger partial charge in [0.2, 0.25) is 14.8 Å². The molecule has 8 N–H and O–H groups in total. The van der Waals surface area contributed by atoms with Crippen LogP contribution in [0.2, 0.25) is 0 Å². The molecule has 1 fully saturated rings. The Morgan fingerprint density at radius 1 is 0.231 bits per heavy atom. The minimum absolute atomic E-state index is 0. The van der Waals surface area contributed by atoms with Crippen LogP contribution in [-0.4, -0.2) is 9.79 Å². The second-order valence-corrected chi connectivity index (χ2v) is 44.0. The predicted octanol–water partition coefficient (Wildman–Crippen LogP) is 10.5. The largest absolute Gasteiger partial charge is 0.756 e. The zero-order valence-corrected chi connectivity index (χ0v) is 63.5. The quantitative estimate of drug-likeness (QED) is 0.0754. The maximum Gasteiger partial charge on any atom is 0.485 e. The molecule has 0 amide bonds. The number of nitrogens with zero attached hydrogens (tertiary/aromatic N) is 2. The van der Waals surface area contributed by atoms with Gasteiger partial charge in [0, 0.05) is 31.8 Å². The lowest BCUT2D eigenvalue weighted by Gasteiger charge is -2.36. The Morgan fingerprint density at radius 2 is 0.356 bits per heavy atom. The van der Waals surface area contributed by atoms with Gasteiger partial charge in [0.05, 0.1) is 0 Å². The van der Waals surface area contributed by atoms with Gasteiger partial charge >= 0.3 is 15.6 Å². The van der Waals surface area contributed by atoms with Gasteiger partial charge in [-0.2, -0.15) is 0 Å². The highest BCUT2D eigenvalue weighted by atomic mass is 31.3. The van der Waals surface area contributed by atoms with E-state index in [1.165, 1.54) is 63.7 Å². The van der Waals surface area contributed by atoms with Gasteiger partial charge in [-0.1, -0.05) is 291 Å². The van der Waals surface area contributed by atoms with Crippen molar-refractivity contribution in [2.45, 2.75) is 0 Å². The summed E-state index contributed by atoms with van der Waals surface area (Å²) in [6, 6.07) is 131. The Hall–Kier alpha value is -7.22. The summed E-state index contributed by atoms with van der Waals surface area (Å²) in [6.07, 6.45) is 0. The van der Waals surface area contributed by atoms with E-state index in [1.54, 1.807) is 0 Å². The van der Waals surface area contributed by atoms with Gasteiger partial charge in [-0.25, -0.2) is 35.0 Å². The number of hydrogen-bond donors (Lipinski definition) is 2. The first-order valence-corrected chi connectivity index (χ1v) is 46.6. The van der Waals surface area contributed by atoms with Crippen LogP contribution in [0, 0.1) is 0 Å². The van der Waals surface area contributed by atoms with E-state index in [0.717, 1.165) is 0 Å². The van der Waals surface area contributed by atoms with Crippen molar-refractivity contribution in [2.75, 3.05) is 0 Å². The number of rotatable bonds is 14. The van der Waals surface area contributed by atoms with Crippen LogP contribution in [0.5, 0.6) is 0 Å². The smallest absolute Gasteiger partial charge is 0.485 e. The maximum atomic E-state index is 11.1. The highest BCUT2D eigenvalue weighted by Gasteiger charge is 2.52. The first-order valence-electron chi connectivity index (χ1n) is 30.8. The average Bonchev–Trinajstić information content (AvgIpc) is 0.725. The molecule has 4 unspecified atom stereocenters. The molecule has 12 aromatic rings. The Balaban J connectivity index is 0.000000185. The third kappa shape index (κ3) is 19.1. The Kier molecular flexibility index (Phi) is 27.2. The van der Waals surface area contributed by atoms with Gasteiger partial charge in [-0.15, -0.1) is 9.03 Å². The van der Waals surface area contributed by atoms with Gasteiger partial charge in [-0.3, -0.25) is 18.3 Å². The van der Waals surface area contributed by atoms with E-state index >= 15 is 0 Å². The number of hydrogen-bond acceptors (Lipinski definition) is 18. The molecule has 22 nitrogen and oxygen atoms in total. The fraction of sp³-hybridized carbons (Fsp3) is 0. The average molecular weight is 1590 g/mol. The minimum Gasteiger partial charge on any atom is -0.756 e. The SMILES string of the molecule is O=P1([O-])OP(=O)([O-])OP(=O)(O)OP(=O)([O-])OP(=O)([O-])OP(=O)(O)O1.[OH3+].[OH3+].c1ccc(P(=N[P+](c2ccccc2)(c2ccccc2)c2ccccc2)(c2ccccc2)c2ccccc2)cc1.c1ccc(P(=N[P+](c2ccccc2)(c2ccccc2)c2ccccc2)(c2ccccc2)c2ccccc2)cc1. The molecule has 4 atom stereocenters. The van der Waals surface area contributed by atoms with Crippen LogP contribution in [0.25, 0.3) is 0 Å². The van der Waals surface area contributed by atoms with Gasteiger partial charge in [0.25, 0.3) is 31.3 Å². The molecule has 1 heterocycles. The second-order valence-electron chi connectivity index (χ2n) is 22.0. The van der Waals surface area contributed by atoms with Crippen LogP contribution in [0.4, 0.5) is 0 Å². The molecule has 0 saturated carbocycles. The summed E-state index contributed by atoms with van der Waals surface area (Å²) in [5.41, 5.74) is 0. The van der Waals surface area contributed by atoms with Crippen LogP contribution in [0.1, 0.15) is 0 Å². The Morgan fingerprint density at radius 3 is 0.490 bits per heavy atom. The lowest BCUT2D eigenvalue weighted by atomic mass is 10.4. The van der Waals surface area contributed by atoms with Gasteiger partial charge < -0.3 is 40.3 Å². The lowest BCUT2D eigenvalue weighted by molar-refractivity contribution is -0.238. The van der Waals surface area contributed by atoms with E-state index in [4.69, 9.17) is 18.8 Å². The van der Waals surface area contributed by atoms with Crippen molar-refractivity contribution in [3.05, 3.63) is 364 Å². The van der Waals surface area contributed by atoms with Crippen molar-refractivity contribution in [3.63, 3.8) is 0 Å². The molecule has 32 heteroatoms. The molecule has 12 aromatic carbocycles. The molecule has 0 spiro atoms. The fourth-order valence-electron chi connectivity index (χ4n) is 11.4. The second kappa shape index (κ2) is 35.0. The lowest BCUT2D eigenvalue weighted by Crippen LogP contribution is -2.32. The summed E-state index contributed by atoms with van der Waals surface area (Å²) in [5, 5.41) is 15.1. The van der Waals surface area contributed by atoms with Crippen molar-refractivity contribution < 1.29 is 93.6 Å². The van der Waals surface area contributed by atoms with Gasteiger partial charge in [0.1, 0.15) is 45.9 Å². The zero-order chi connectivity index (χ0) is 72.0. The monoisotopic (exact) mass is 1590 g/mol. The van der Waals surface area contributed by atoms with E-state index in [0.29, 0.717) is 0 Å². The minimum atomic E-state index is -6.47. The van der Waals surface area contributed by atoms with Crippen LogP contribution in [0.15, 0.2) is 373 Å². The summed E-state index contributed by atoms with van der Waals surface area (Å²) in [7, 11) is -48.4. The summed E-state index contributed by atoms with van der Waals surface area (Å²) >= 11 is 0. The summed E-state index contributed by atoms with van der Waals surface area (Å²) < 4.78 is 97.3. The number of phosphoric acid groups is 6. The van der Waals surface area contributed by atoms with Crippen LogP contribution in [-0.2, 0) is 64.2 Å². The maximum absolute atomic E-state index is 11.1. The summed E-state index contributed by atoms with van der Waals surface area (Å²) in [4.78, 5) is 61.7. The van der Waals surface area contributed by atoms with E-state index in [2.05, 4.69) is 390 Å². The van der Waals surface area contributed by atoms with E-state index in [9.17, 15) is 47.0 Å². The molecule has 1 aliphatic rings. The van der Waals surface area contributed by atoms with Gasteiger partial charge in [-0.05, 0) is 72.8 Å². The normalized spacial score (nSPS) is 21.4. The molecule has 104 heavy (non-hydrogen) atoms. The van der Waals surface area contributed by atoms with E-state index in [1.807, 2.05) is 0 Å². The fourth-order valence-corrected chi connectivity index (χ4v) is 38.7. The highest BCUT2D eigenvalue weighted by Crippen LogP contribution is 2.76.